The zero-order chi connectivity index (χ0) is 16.8. The second kappa shape index (κ2) is 8.05. The van der Waals surface area contributed by atoms with Gasteiger partial charge in [-0.3, -0.25) is 9.69 Å². The van der Waals surface area contributed by atoms with Crippen molar-refractivity contribution in [1.29, 1.82) is 0 Å². The number of amides is 1. The molecule has 1 aromatic heterocycles. The van der Waals surface area contributed by atoms with E-state index in [1.807, 2.05) is 11.9 Å². The molecule has 0 aliphatic carbocycles. The predicted molar refractivity (Wildman–Crippen MR) is 85.7 cm³/mol. The maximum Gasteiger partial charge on any atom is 0.346 e. The number of rotatable bonds is 7. The van der Waals surface area contributed by atoms with Gasteiger partial charge in [0, 0.05) is 32.6 Å². The summed E-state index contributed by atoms with van der Waals surface area (Å²) in [5.74, 6) is 0.298. The second-order valence-corrected chi connectivity index (χ2v) is 6.09. The van der Waals surface area contributed by atoms with Gasteiger partial charge in [0.15, 0.2) is 6.67 Å². The number of unbranched alkanes of at least 4 members (excludes halogenated alkanes) is 1. The van der Waals surface area contributed by atoms with Crippen molar-refractivity contribution in [2.75, 3.05) is 26.7 Å². The average molecular weight is 323 g/mol. The van der Waals surface area contributed by atoms with Crippen molar-refractivity contribution < 1.29 is 9.72 Å². The fraction of sp³-hybridized carbons (Fsp3) is 0.733. The first-order valence-electron chi connectivity index (χ1n) is 8.16. The summed E-state index contributed by atoms with van der Waals surface area (Å²) in [6, 6.07) is 1.40. The number of likely N-dealkylation sites (tertiary alicyclic amines) is 1. The minimum absolute atomic E-state index is 0.00231. The minimum Gasteiger partial charge on any atom is -0.358 e. The summed E-state index contributed by atoms with van der Waals surface area (Å²) in [5, 5.41) is 14.9. The molecule has 1 saturated heterocycles. The monoisotopic (exact) mass is 323 g/mol. The lowest BCUT2D eigenvalue weighted by molar-refractivity contribution is -0.393. The van der Waals surface area contributed by atoms with E-state index in [2.05, 4.69) is 16.9 Å². The summed E-state index contributed by atoms with van der Waals surface area (Å²) in [5.41, 5.74) is 0. The van der Waals surface area contributed by atoms with Crippen LogP contribution in [0.1, 0.15) is 32.6 Å². The molecule has 0 unspecified atom stereocenters. The van der Waals surface area contributed by atoms with E-state index >= 15 is 0 Å². The summed E-state index contributed by atoms with van der Waals surface area (Å²) < 4.78 is 1.40. The molecule has 0 spiro atoms. The number of hydrogen-bond donors (Lipinski definition) is 0. The molecule has 2 heterocycles. The van der Waals surface area contributed by atoms with E-state index in [1.165, 1.54) is 16.9 Å². The Morgan fingerprint density at radius 3 is 2.78 bits per heavy atom. The van der Waals surface area contributed by atoms with E-state index < -0.39 is 4.92 Å². The van der Waals surface area contributed by atoms with Gasteiger partial charge in [-0.25, -0.2) is 0 Å². The summed E-state index contributed by atoms with van der Waals surface area (Å²) in [7, 11) is 1.87. The molecule has 0 N–H and O–H groups in total. The molecule has 1 aliphatic rings. The van der Waals surface area contributed by atoms with Gasteiger partial charge in [-0.15, -0.1) is 4.68 Å². The van der Waals surface area contributed by atoms with Crippen LogP contribution >= 0.6 is 0 Å². The zero-order valence-corrected chi connectivity index (χ0v) is 13.8. The summed E-state index contributed by atoms with van der Waals surface area (Å²) in [4.78, 5) is 26.8. The number of carbonyl (C=O) groups excluding carboxylic acids is 1. The van der Waals surface area contributed by atoms with Gasteiger partial charge in [-0.1, -0.05) is 18.4 Å². The maximum atomic E-state index is 12.4. The van der Waals surface area contributed by atoms with Gasteiger partial charge in [-0.2, -0.15) is 0 Å². The van der Waals surface area contributed by atoms with Crippen LogP contribution in [0.4, 0.5) is 5.82 Å². The first-order chi connectivity index (χ1) is 11.0. The first kappa shape index (κ1) is 17.4. The lowest BCUT2D eigenvalue weighted by Gasteiger charge is -2.32. The Labute approximate surface area is 136 Å². The largest absolute Gasteiger partial charge is 0.358 e. The Kier molecular flexibility index (Phi) is 6.09. The Balaban J connectivity index is 1.83. The highest BCUT2D eigenvalue weighted by atomic mass is 16.6. The third-order valence-corrected chi connectivity index (χ3v) is 4.38. The van der Waals surface area contributed by atoms with Crippen LogP contribution in [0.3, 0.4) is 0 Å². The topological polar surface area (TPSA) is 84.5 Å². The SMILES string of the molecule is CCCCN(C)C(=O)C1CCN(Cn2nccc2[N+](=O)[O-])CC1. The van der Waals surface area contributed by atoms with Gasteiger partial charge in [0.1, 0.15) is 0 Å². The molecular formula is C15H25N5O3. The smallest absolute Gasteiger partial charge is 0.346 e. The standard InChI is InChI=1S/C15H25N5O3/c1-3-4-9-17(2)15(21)13-6-10-18(11-7-13)12-19-14(20(22)23)5-8-16-19/h5,8,13H,3-4,6-7,9-12H2,1-2H3. The Morgan fingerprint density at radius 2 is 2.17 bits per heavy atom. The van der Waals surface area contributed by atoms with Crippen LogP contribution in [0.25, 0.3) is 0 Å². The minimum atomic E-state index is -0.425. The van der Waals surface area contributed by atoms with Crippen LogP contribution in [0.15, 0.2) is 12.3 Å². The molecule has 2 rings (SSSR count). The lowest BCUT2D eigenvalue weighted by atomic mass is 9.95. The molecule has 128 valence electrons. The van der Waals surface area contributed by atoms with Crippen molar-refractivity contribution in [2.24, 2.45) is 5.92 Å². The van der Waals surface area contributed by atoms with E-state index in [-0.39, 0.29) is 17.6 Å². The van der Waals surface area contributed by atoms with Crippen LogP contribution < -0.4 is 0 Å². The molecular weight excluding hydrogens is 298 g/mol. The van der Waals surface area contributed by atoms with Crippen molar-refractivity contribution in [3.05, 3.63) is 22.4 Å². The third kappa shape index (κ3) is 4.51. The van der Waals surface area contributed by atoms with Crippen molar-refractivity contribution in [2.45, 2.75) is 39.3 Å². The number of aromatic nitrogens is 2. The molecule has 1 aliphatic heterocycles. The Bertz CT molecular complexity index is 537. The van der Waals surface area contributed by atoms with Gasteiger partial charge < -0.3 is 15.0 Å². The first-order valence-corrected chi connectivity index (χ1v) is 8.16. The zero-order valence-electron chi connectivity index (χ0n) is 13.8. The quantitative estimate of drug-likeness (QED) is 0.563. The average Bonchev–Trinajstić information content (AvgIpc) is 3.01. The highest BCUT2D eigenvalue weighted by Gasteiger charge is 2.28. The molecule has 0 radical (unpaired) electrons. The predicted octanol–water partition coefficient (Wildman–Crippen LogP) is 1.72. The molecule has 0 saturated carbocycles. The van der Waals surface area contributed by atoms with E-state index in [0.29, 0.717) is 6.67 Å². The van der Waals surface area contributed by atoms with E-state index in [0.717, 1.165) is 45.3 Å². The summed E-state index contributed by atoms with van der Waals surface area (Å²) in [6.45, 7) is 4.85. The summed E-state index contributed by atoms with van der Waals surface area (Å²) in [6.07, 6.45) is 5.15. The van der Waals surface area contributed by atoms with Crippen molar-refractivity contribution in [1.82, 2.24) is 19.6 Å². The van der Waals surface area contributed by atoms with Crippen LogP contribution in [0.5, 0.6) is 0 Å². The van der Waals surface area contributed by atoms with Crippen molar-refractivity contribution >= 4 is 11.7 Å². The van der Waals surface area contributed by atoms with Gasteiger partial charge in [-0.05, 0) is 24.2 Å². The fourth-order valence-electron chi connectivity index (χ4n) is 2.92. The van der Waals surface area contributed by atoms with Crippen molar-refractivity contribution in [3.63, 3.8) is 0 Å². The van der Waals surface area contributed by atoms with Crippen LogP contribution in [0.2, 0.25) is 0 Å². The number of nitrogens with zero attached hydrogens (tertiary/aromatic N) is 5. The molecule has 23 heavy (non-hydrogen) atoms. The molecule has 1 amide bonds. The van der Waals surface area contributed by atoms with Gasteiger partial charge in [0.2, 0.25) is 5.91 Å². The second-order valence-electron chi connectivity index (χ2n) is 6.09. The maximum absolute atomic E-state index is 12.4. The van der Waals surface area contributed by atoms with E-state index in [1.54, 1.807) is 0 Å². The molecule has 8 heteroatoms. The van der Waals surface area contributed by atoms with E-state index in [4.69, 9.17) is 0 Å². The molecule has 1 aromatic rings. The lowest BCUT2D eigenvalue weighted by Crippen LogP contribution is -2.42. The number of hydrogen-bond acceptors (Lipinski definition) is 5. The van der Waals surface area contributed by atoms with Crippen LogP contribution in [-0.4, -0.2) is 57.1 Å². The Hall–Kier alpha value is -1.96. The molecule has 0 aromatic carbocycles. The number of piperidine rings is 1. The van der Waals surface area contributed by atoms with Gasteiger partial charge in [0.25, 0.3) is 0 Å². The highest BCUT2D eigenvalue weighted by molar-refractivity contribution is 5.78. The van der Waals surface area contributed by atoms with Crippen molar-refractivity contribution in [3.8, 4) is 0 Å². The fourth-order valence-corrected chi connectivity index (χ4v) is 2.92. The molecule has 0 atom stereocenters. The van der Waals surface area contributed by atoms with E-state index in [9.17, 15) is 14.9 Å². The number of carbonyl (C=O) groups is 1. The highest BCUT2D eigenvalue weighted by Crippen LogP contribution is 2.21. The molecule has 8 nitrogen and oxygen atoms in total. The molecule has 1 fully saturated rings. The molecule has 0 bridgehead atoms. The number of nitro groups is 1. The van der Waals surface area contributed by atoms with Crippen LogP contribution in [-0.2, 0) is 11.5 Å². The normalized spacial score (nSPS) is 16.4. The van der Waals surface area contributed by atoms with Crippen LogP contribution in [0, 0.1) is 16.0 Å². The summed E-state index contributed by atoms with van der Waals surface area (Å²) >= 11 is 0. The van der Waals surface area contributed by atoms with Gasteiger partial charge >= 0.3 is 5.82 Å². The Morgan fingerprint density at radius 1 is 1.48 bits per heavy atom. The third-order valence-electron chi connectivity index (χ3n) is 4.38. The van der Waals surface area contributed by atoms with Gasteiger partial charge in [0.05, 0.1) is 12.3 Å².